The van der Waals surface area contributed by atoms with Crippen LogP contribution in [0.2, 0.25) is 0 Å². The Labute approximate surface area is 186 Å². The molecular formula is C22H19BrFN5O2. The minimum atomic E-state index is -0.336. The van der Waals surface area contributed by atoms with E-state index in [0.29, 0.717) is 58.5 Å². The highest BCUT2D eigenvalue weighted by atomic mass is 79.9. The largest absolute Gasteiger partial charge is 0.490 e. The van der Waals surface area contributed by atoms with Gasteiger partial charge in [0, 0.05) is 36.0 Å². The van der Waals surface area contributed by atoms with Crippen LogP contribution in [0.15, 0.2) is 59.6 Å². The molecule has 2 aromatic carbocycles. The van der Waals surface area contributed by atoms with Gasteiger partial charge in [-0.1, -0.05) is 0 Å². The van der Waals surface area contributed by atoms with Gasteiger partial charge >= 0.3 is 0 Å². The van der Waals surface area contributed by atoms with E-state index in [0.717, 1.165) is 5.39 Å². The van der Waals surface area contributed by atoms with Gasteiger partial charge in [-0.15, -0.1) is 0 Å². The van der Waals surface area contributed by atoms with Gasteiger partial charge in [0.2, 0.25) is 0 Å². The normalized spacial score (nSPS) is 10.8. The van der Waals surface area contributed by atoms with Crippen molar-refractivity contribution >= 4 is 38.3 Å². The molecule has 0 aliphatic rings. The van der Waals surface area contributed by atoms with Gasteiger partial charge in [0.15, 0.2) is 11.5 Å². The zero-order valence-corrected chi connectivity index (χ0v) is 18.3. The van der Waals surface area contributed by atoms with Crippen molar-refractivity contribution in [2.24, 2.45) is 0 Å². The molecule has 158 valence electrons. The van der Waals surface area contributed by atoms with Crippen molar-refractivity contribution in [2.75, 3.05) is 18.5 Å². The summed E-state index contributed by atoms with van der Waals surface area (Å²) in [6.45, 7) is 2.78. The van der Waals surface area contributed by atoms with Crippen LogP contribution >= 0.6 is 15.9 Å². The Balaban J connectivity index is 1.63. The molecule has 0 fully saturated rings. The number of aromatic nitrogens is 4. The lowest BCUT2D eigenvalue weighted by Crippen LogP contribution is -2.06. The number of rotatable bonds is 8. The van der Waals surface area contributed by atoms with Gasteiger partial charge in [0.25, 0.3) is 0 Å². The van der Waals surface area contributed by atoms with E-state index in [9.17, 15) is 4.39 Å². The standard InChI is InChI=1S/C22H19BrFN5O2/c1-2-30-20-12-18-15(11-19(20)31-9-6-21-25-7-3-8-26-21)22(28-13-27-18)29-14-4-5-17(24)16(23)10-14/h3-5,7-8,10-13H,2,6,9H2,1H3,(H,27,28,29). The van der Waals surface area contributed by atoms with Crippen molar-refractivity contribution in [2.45, 2.75) is 13.3 Å². The van der Waals surface area contributed by atoms with Crippen molar-refractivity contribution in [3.05, 3.63) is 71.2 Å². The predicted molar refractivity (Wildman–Crippen MR) is 119 cm³/mol. The maximum atomic E-state index is 13.6. The van der Waals surface area contributed by atoms with Crippen LogP contribution in [-0.4, -0.2) is 33.1 Å². The summed E-state index contributed by atoms with van der Waals surface area (Å²) in [6.07, 6.45) is 5.43. The molecule has 7 nitrogen and oxygen atoms in total. The number of nitrogens with one attached hydrogen (secondary N) is 1. The van der Waals surface area contributed by atoms with Crippen molar-refractivity contribution in [3.63, 3.8) is 0 Å². The third-order valence-corrected chi connectivity index (χ3v) is 4.99. The molecule has 2 aromatic heterocycles. The van der Waals surface area contributed by atoms with Gasteiger partial charge in [-0.05, 0) is 53.2 Å². The van der Waals surface area contributed by atoms with Gasteiger partial charge in [-0.2, -0.15) is 0 Å². The van der Waals surface area contributed by atoms with Crippen LogP contribution in [0.25, 0.3) is 10.9 Å². The third-order valence-electron chi connectivity index (χ3n) is 4.39. The number of anilines is 2. The second-order valence-corrected chi connectivity index (χ2v) is 7.34. The van der Waals surface area contributed by atoms with Crippen molar-refractivity contribution < 1.29 is 13.9 Å². The minimum absolute atomic E-state index is 0.336. The first-order valence-electron chi connectivity index (χ1n) is 9.66. The van der Waals surface area contributed by atoms with E-state index < -0.39 is 0 Å². The van der Waals surface area contributed by atoms with Crippen LogP contribution in [0.5, 0.6) is 11.5 Å². The molecule has 0 aliphatic heterocycles. The minimum Gasteiger partial charge on any atom is -0.490 e. The fourth-order valence-corrected chi connectivity index (χ4v) is 3.35. The molecule has 0 spiro atoms. The van der Waals surface area contributed by atoms with Gasteiger partial charge in [0.1, 0.15) is 23.8 Å². The van der Waals surface area contributed by atoms with Crippen molar-refractivity contribution in [1.82, 2.24) is 19.9 Å². The van der Waals surface area contributed by atoms with Gasteiger partial charge in [0.05, 0.1) is 23.2 Å². The summed E-state index contributed by atoms with van der Waals surface area (Å²) in [5.74, 6) is 2.11. The molecule has 0 saturated heterocycles. The van der Waals surface area contributed by atoms with E-state index >= 15 is 0 Å². The molecule has 0 saturated carbocycles. The van der Waals surface area contributed by atoms with Gasteiger partial charge in [-0.3, -0.25) is 0 Å². The second-order valence-electron chi connectivity index (χ2n) is 6.49. The lowest BCUT2D eigenvalue weighted by molar-refractivity contribution is 0.278. The third kappa shape index (κ3) is 5.05. The van der Waals surface area contributed by atoms with E-state index in [2.05, 4.69) is 41.2 Å². The average Bonchev–Trinajstić information content (AvgIpc) is 2.78. The Bertz CT molecular complexity index is 1190. The molecule has 0 aliphatic carbocycles. The summed E-state index contributed by atoms with van der Waals surface area (Å²) in [7, 11) is 0. The van der Waals surface area contributed by atoms with Crippen LogP contribution < -0.4 is 14.8 Å². The summed E-state index contributed by atoms with van der Waals surface area (Å²) in [4.78, 5) is 17.1. The molecule has 2 heterocycles. The summed E-state index contributed by atoms with van der Waals surface area (Å²) in [6, 6.07) is 10.1. The number of hydrogen-bond donors (Lipinski definition) is 1. The number of ether oxygens (including phenoxy) is 2. The van der Waals surface area contributed by atoms with E-state index in [1.807, 2.05) is 19.1 Å². The smallest absolute Gasteiger partial charge is 0.163 e. The highest BCUT2D eigenvalue weighted by molar-refractivity contribution is 9.10. The SMILES string of the molecule is CCOc1cc2ncnc(Nc3ccc(F)c(Br)c3)c2cc1OCCc1ncccn1. The molecule has 0 amide bonds. The zero-order valence-electron chi connectivity index (χ0n) is 16.7. The van der Waals surface area contributed by atoms with Crippen LogP contribution in [0.1, 0.15) is 12.7 Å². The fourth-order valence-electron chi connectivity index (χ4n) is 2.97. The Morgan fingerprint density at radius 1 is 1.00 bits per heavy atom. The van der Waals surface area contributed by atoms with E-state index in [4.69, 9.17) is 9.47 Å². The number of benzene rings is 2. The Morgan fingerprint density at radius 3 is 2.58 bits per heavy atom. The zero-order chi connectivity index (χ0) is 21.6. The maximum Gasteiger partial charge on any atom is 0.163 e. The molecule has 4 aromatic rings. The summed E-state index contributed by atoms with van der Waals surface area (Å²) >= 11 is 3.20. The molecule has 4 rings (SSSR count). The number of halogens is 2. The first kappa shape index (κ1) is 20.9. The van der Waals surface area contributed by atoms with Gasteiger partial charge in [-0.25, -0.2) is 24.3 Å². The van der Waals surface area contributed by atoms with Crippen LogP contribution in [-0.2, 0) is 6.42 Å². The molecule has 0 bridgehead atoms. The lowest BCUT2D eigenvalue weighted by atomic mass is 10.2. The van der Waals surface area contributed by atoms with Crippen molar-refractivity contribution in [3.8, 4) is 11.5 Å². The predicted octanol–water partition coefficient (Wildman–Crippen LogP) is 5.09. The van der Waals surface area contributed by atoms with Gasteiger partial charge < -0.3 is 14.8 Å². The Hall–Kier alpha value is -3.33. The summed E-state index contributed by atoms with van der Waals surface area (Å²) in [5.41, 5.74) is 1.38. The summed E-state index contributed by atoms with van der Waals surface area (Å²) < 4.78 is 25.7. The quantitative estimate of drug-likeness (QED) is 0.373. The maximum absolute atomic E-state index is 13.6. The van der Waals surface area contributed by atoms with E-state index in [1.165, 1.54) is 12.4 Å². The number of fused-ring (bicyclic) bond motifs is 1. The van der Waals surface area contributed by atoms with Crippen molar-refractivity contribution in [1.29, 1.82) is 0 Å². The molecule has 0 unspecified atom stereocenters. The Morgan fingerprint density at radius 2 is 1.81 bits per heavy atom. The summed E-state index contributed by atoms with van der Waals surface area (Å²) in [5, 5.41) is 3.96. The highest BCUT2D eigenvalue weighted by Gasteiger charge is 2.13. The molecule has 0 atom stereocenters. The molecule has 31 heavy (non-hydrogen) atoms. The fraction of sp³-hybridized carbons (Fsp3) is 0.182. The highest BCUT2D eigenvalue weighted by Crippen LogP contribution is 2.35. The molecular weight excluding hydrogens is 465 g/mol. The number of hydrogen-bond acceptors (Lipinski definition) is 7. The first-order chi connectivity index (χ1) is 15.1. The second kappa shape index (κ2) is 9.65. The van der Waals surface area contributed by atoms with E-state index in [-0.39, 0.29) is 5.82 Å². The molecule has 1 N–H and O–H groups in total. The topological polar surface area (TPSA) is 82.1 Å². The van der Waals surface area contributed by atoms with E-state index in [1.54, 1.807) is 30.6 Å². The van der Waals surface area contributed by atoms with Crippen LogP contribution in [0.4, 0.5) is 15.9 Å². The molecule has 0 radical (unpaired) electrons. The number of nitrogens with zero attached hydrogens (tertiary/aromatic N) is 4. The lowest BCUT2D eigenvalue weighted by Gasteiger charge is -2.15. The Kier molecular flexibility index (Phi) is 6.51. The average molecular weight is 484 g/mol. The van der Waals surface area contributed by atoms with Crippen LogP contribution in [0, 0.1) is 5.82 Å². The molecule has 9 heteroatoms. The van der Waals surface area contributed by atoms with Crippen LogP contribution in [0.3, 0.4) is 0 Å². The monoisotopic (exact) mass is 483 g/mol. The first-order valence-corrected chi connectivity index (χ1v) is 10.5.